The Kier molecular flexibility index (Phi) is 4.51. The Morgan fingerprint density at radius 3 is 2.62 bits per heavy atom. The van der Waals surface area contributed by atoms with E-state index in [0.717, 1.165) is 24.5 Å². The molecular weight excluding hydrogens is 260 g/mol. The lowest BCUT2D eigenvalue weighted by Crippen LogP contribution is -2.15. The highest BCUT2D eigenvalue weighted by Crippen LogP contribution is 2.23. The average molecular weight is 282 g/mol. The summed E-state index contributed by atoms with van der Waals surface area (Å²) in [5.74, 6) is 1.66. The monoisotopic (exact) mass is 282 g/mol. The fourth-order valence-corrected chi connectivity index (χ4v) is 2.31. The van der Waals surface area contributed by atoms with Gasteiger partial charge in [-0.05, 0) is 48.6 Å². The summed E-state index contributed by atoms with van der Waals surface area (Å²) in [5.41, 5.74) is 2.52. The van der Waals surface area contributed by atoms with Crippen LogP contribution in [-0.4, -0.2) is 11.0 Å². The van der Waals surface area contributed by atoms with Crippen molar-refractivity contribution >= 4 is 0 Å². The number of nitrogens with one attached hydrogen (secondary N) is 1. The molecule has 3 nitrogen and oxygen atoms in total. The second kappa shape index (κ2) is 6.72. The Morgan fingerprint density at radius 1 is 1.10 bits per heavy atom. The Morgan fingerprint density at radius 2 is 1.90 bits per heavy atom. The minimum absolute atomic E-state index is 0.709. The summed E-state index contributed by atoms with van der Waals surface area (Å²) >= 11 is 0. The van der Waals surface area contributed by atoms with E-state index in [4.69, 9.17) is 4.74 Å². The molecule has 1 aliphatic carbocycles. The van der Waals surface area contributed by atoms with E-state index in [1.807, 2.05) is 18.3 Å². The molecule has 0 aliphatic heterocycles. The molecule has 0 bridgehead atoms. The van der Waals surface area contributed by atoms with Gasteiger partial charge in [0.2, 0.25) is 0 Å². The van der Waals surface area contributed by atoms with Gasteiger partial charge in [0.25, 0.3) is 0 Å². The van der Waals surface area contributed by atoms with Gasteiger partial charge in [-0.15, -0.1) is 0 Å². The molecule has 1 heterocycles. The van der Waals surface area contributed by atoms with E-state index in [9.17, 15) is 0 Å². The van der Waals surface area contributed by atoms with E-state index >= 15 is 0 Å². The summed E-state index contributed by atoms with van der Waals surface area (Å²) in [4.78, 5) is 4.26. The molecule has 0 spiro atoms. The molecule has 0 radical (unpaired) electrons. The maximum absolute atomic E-state index is 5.88. The van der Waals surface area contributed by atoms with Gasteiger partial charge in [0.05, 0.1) is 6.20 Å². The van der Waals surface area contributed by atoms with Crippen molar-refractivity contribution in [3.63, 3.8) is 0 Å². The molecule has 1 aliphatic rings. The molecule has 1 aromatic carbocycles. The number of nitrogens with zero attached hydrogens (tertiary/aromatic N) is 1. The smallest absolute Gasteiger partial charge is 0.146 e. The van der Waals surface area contributed by atoms with Crippen LogP contribution >= 0.6 is 0 Å². The lowest BCUT2D eigenvalue weighted by molar-refractivity contribution is 0.478. The molecule has 0 amide bonds. The first-order valence-corrected chi connectivity index (χ1v) is 7.77. The zero-order valence-corrected chi connectivity index (χ0v) is 12.5. The SMILES string of the molecule is CCCc1ccc(Oc2cncc(CNC3CC3)c2)cc1. The number of aromatic nitrogens is 1. The second-order valence-corrected chi connectivity index (χ2v) is 5.68. The van der Waals surface area contributed by atoms with Gasteiger partial charge >= 0.3 is 0 Å². The first-order valence-electron chi connectivity index (χ1n) is 7.77. The van der Waals surface area contributed by atoms with Crippen LogP contribution in [-0.2, 0) is 13.0 Å². The van der Waals surface area contributed by atoms with Crippen molar-refractivity contribution in [1.82, 2.24) is 10.3 Å². The van der Waals surface area contributed by atoms with Crippen LogP contribution in [0.5, 0.6) is 11.5 Å². The van der Waals surface area contributed by atoms with Crippen molar-refractivity contribution in [2.75, 3.05) is 0 Å². The second-order valence-electron chi connectivity index (χ2n) is 5.68. The van der Waals surface area contributed by atoms with E-state index in [0.29, 0.717) is 6.04 Å². The van der Waals surface area contributed by atoms with E-state index in [1.54, 1.807) is 6.20 Å². The number of ether oxygens (including phenoxy) is 1. The summed E-state index contributed by atoms with van der Waals surface area (Å²) < 4.78 is 5.88. The summed E-state index contributed by atoms with van der Waals surface area (Å²) in [6.07, 6.45) is 8.54. The van der Waals surface area contributed by atoms with Gasteiger partial charge in [0.15, 0.2) is 0 Å². The van der Waals surface area contributed by atoms with Gasteiger partial charge in [-0.25, -0.2) is 0 Å². The Hall–Kier alpha value is -1.87. The third-order valence-electron chi connectivity index (χ3n) is 3.64. The summed E-state index contributed by atoms with van der Waals surface area (Å²) in [6.45, 7) is 3.06. The van der Waals surface area contributed by atoms with E-state index in [2.05, 4.69) is 35.4 Å². The third-order valence-corrected chi connectivity index (χ3v) is 3.64. The molecule has 3 rings (SSSR count). The number of hydrogen-bond donors (Lipinski definition) is 1. The van der Waals surface area contributed by atoms with E-state index < -0.39 is 0 Å². The lowest BCUT2D eigenvalue weighted by Gasteiger charge is -2.08. The van der Waals surface area contributed by atoms with Crippen LogP contribution in [0, 0.1) is 0 Å². The summed E-state index contributed by atoms with van der Waals surface area (Å²) in [5, 5.41) is 3.49. The van der Waals surface area contributed by atoms with Crippen molar-refractivity contribution in [3.05, 3.63) is 53.9 Å². The highest BCUT2D eigenvalue weighted by molar-refractivity contribution is 5.33. The number of hydrogen-bond acceptors (Lipinski definition) is 3. The molecule has 21 heavy (non-hydrogen) atoms. The molecule has 2 aromatic rings. The Balaban J connectivity index is 1.61. The van der Waals surface area contributed by atoms with Crippen LogP contribution in [0.3, 0.4) is 0 Å². The lowest BCUT2D eigenvalue weighted by atomic mass is 10.1. The molecule has 110 valence electrons. The van der Waals surface area contributed by atoms with Gasteiger partial charge in [-0.2, -0.15) is 0 Å². The van der Waals surface area contributed by atoms with Crippen LogP contribution in [0.15, 0.2) is 42.7 Å². The molecule has 0 unspecified atom stereocenters. The van der Waals surface area contributed by atoms with Gasteiger partial charge in [-0.1, -0.05) is 25.5 Å². The molecule has 0 saturated heterocycles. The number of benzene rings is 1. The quantitative estimate of drug-likeness (QED) is 0.831. The van der Waals surface area contributed by atoms with Gasteiger partial charge < -0.3 is 10.1 Å². The fraction of sp³-hybridized carbons (Fsp3) is 0.389. The van der Waals surface area contributed by atoms with Crippen molar-refractivity contribution in [3.8, 4) is 11.5 Å². The van der Waals surface area contributed by atoms with Crippen molar-refractivity contribution in [1.29, 1.82) is 0 Å². The summed E-state index contributed by atoms with van der Waals surface area (Å²) in [6, 6.07) is 11.1. The molecule has 1 saturated carbocycles. The van der Waals surface area contributed by atoms with Gasteiger partial charge in [-0.3, -0.25) is 4.98 Å². The molecule has 1 N–H and O–H groups in total. The first kappa shape index (κ1) is 14.1. The minimum atomic E-state index is 0.709. The van der Waals surface area contributed by atoms with Crippen molar-refractivity contribution in [2.45, 2.75) is 45.2 Å². The molecule has 1 fully saturated rings. The van der Waals surface area contributed by atoms with Crippen LogP contribution in [0.1, 0.15) is 37.3 Å². The highest BCUT2D eigenvalue weighted by Gasteiger charge is 2.19. The van der Waals surface area contributed by atoms with Crippen LogP contribution in [0.25, 0.3) is 0 Å². The largest absolute Gasteiger partial charge is 0.456 e. The van der Waals surface area contributed by atoms with Gasteiger partial charge in [0, 0.05) is 18.8 Å². The standard InChI is InChI=1S/C18H22N2O/c1-2-3-14-4-8-17(9-5-14)21-18-10-15(11-19-13-18)12-20-16-6-7-16/h4-5,8-11,13,16,20H,2-3,6-7,12H2,1H3. The highest BCUT2D eigenvalue weighted by atomic mass is 16.5. The Bertz CT molecular complexity index is 576. The molecular formula is C18H22N2O. The van der Waals surface area contributed by atoms with Crippen LogP contribution < -0.4 is 10.1 Å². The maximum Gasteiger partial charge on any atom is 0.146 e. The van der Waals surface area contributed by atoms with Gasteiger partial charge in [0.1, 0.15) is 11.5 Å². The zero-order chi connectivity index (χ0) is 14.5. The first-order chi connectivity index (χ1) is 10.3. The number of rotatable bonds is 7. The topological polar surface area (TPSA) is 34.1 Å². The molecule has 0 atom stereocenters. The van der Waals surface area contributed by atoms with Crippen LogP contribution in [0.2, 0.25) is 0 Å². The fourth-order valence-electron chi connectivity index (χ4n) is 2.31. The maximum atomic E-state index is 5.88. The minimum Gasteiger partial charge on any atom is -0.456 e. The van der Waals surface area contributed by atoms with Crippen molar-refractivity contribution in [2.24, 2.45) is 0 Å². The number of aryl methyl sites for hydroxylation is 1. The summed E-state index contributed by atoms with van der Waals surface area (Å²) in [7, 11) is 0. The number of pyridine rings is 1. The van der Waals surface area contributed by atoms with E-state index in [-0.39, 0.29) is 0 Å². The average Bonchev–Trinajstić information content (AvgIpc) is 3.32. The third kappa shape index (κ3) is 4.30. The van der Waals surface area contributed by atoms with Crippen LogP contribution in [0.4, 0.5) is 0 Å². The Labute approximate surface area is 126 Å². The molecule has 3 heteroatoms. The zero-order valence-electron chi connectivity index (χ0n) is 12.5. The molecule has 1 aromatic heterocycles. The predicted octanol–water partition coefficient (Wildman–Crippen LogP) is 4.08. The predicted molar refractivity (Wildman–Crippen MR) is 84.6 cm³/mol. The van der Waals surface area contributed by atoms with E-state index in [1.165, 1.54) is 30.4 Å². The van der Waals surface area contributed by atoms with Crippen molar-refractivity contribution < 1.29 is 4.74 Å². The normalized spacial score (nSPS) is 14.1.